The molecule has 4 saturated carbocycles. The Morgan fingerprint density at radius 1 is 0.936 bits per heavy atom. The second kappa shape index (κ2) is 9.49. The van der Waals surface area contributed by atoms with E-state index in [-0.39, 0.29) is 53.3 Å². The first-order chi connectivity index (χ1) is 21.9. The van der Waals surface area contributed by atoms with E-state index in [9.17, 15) is 40.5 Å². The van der Waals surface area contributed by atoms with Gasteiger partial charge in [-0.1, -0.05) is 45.9 Å². The fourth-order valence-corrected chi connectivity index (χ4v) is 12.9. The summed E-state index contributed by atoms with van der Waals surface area (Å²) in [4.78, 5) is 14.3. The van der Waals surface area contributed by atoms with Crippen LogP contribution in [0.15, 0.2) is 42.0 Å². The van der Waals surface area contributed by atoms with Crippen LogP contribution in [0.5, 0.6) is 11.5 Å². The third-order valence-corrected chi connectivity index (χ3v) is 15.5. The Kier molecular flexibility index (Phi) is 6.45. The lowest BCUT2D eigenvalue weighted by molar-refractivity contribution is -0.235. The molecule has 2 bridgehead atoms. The van der Waals surface area contributed by atoms with Gasteiger partial charge in [0, 0.05) is 35.5 Å². The number of ketones is 1. The van der Waals surface area contributed by atoms with Crippen LogP contribution in [0, 0.1) is 45.8 Å². The standard InChI is InChI=1S/C38H50O9/c1-18-32(44)38(20-8-11-33(18,2)12-9-20)36(5,45)31-27(47-38)17-37(46)22-15-25(41)29-28(19-6-7-23(39)24(40)14-19)30(43)26(42)16-34(29,3)21(22)10-13-35(31,37)4/h6-8,11,14-15,18,20-21,26-32,39-40,42-46H,9-10,12-13,16-17H2,1-5H3/t18-,20-,21+,26+,27+,28+,29-,30+,31+,32+,33+,34-,35-,36-,37-,38+/m1/s1. The maximum atomic E-state index is 14.3. The van der Waals surface area contributed by atoms with Gasteiger partial charge in [-0.2, -0.15) is 0 Å². The Labute approximate surface area is 276 Å². The Hall–Kier alpha value is -2.27. The first kappa shape index (κ1) is 32.0. The number of hydrogen-bond acceptors (Lipinski definition) is 9. The highest BCUT2D eigenvalue weighted by molar-refractivity contribution is 5.96. The zero-order chi connectivity index (χ0) is 33.9. The molecule has 256 valence electrons. The van der Waals surface area contributed by atoms with E-state index in [1.807, 2.05) is 20.8 Å². The second-order valence-corrected chi connectivity index (χ2v) is 17.4. The number of fused-ring (bicyclic) bond motifs is 9. The zero-order valence-electron chi connectivity index (χ0n) is 27.9. The predicted octanol–water partition coefficient (Wildman–Crippen LogP) is 3.48. The van der Waals surface area contributed by atoms with Crippen molar-refractivity contribution in [1.29, 1.82) is 0 Å². The molecule has 16 atom stereocenters. The second-order valence-electron chi connectivity index (χ2n) is 17.4. The van der Waals surface area contributed by atoms with Crippen LogP contribution in [0.2, 0.25) is 0 Å². The van der Waals surface area contributed by atoms with E-state index in [4.69, 9.17) is 4.74 Å². The molecule has 1 spiro atoms. The fraction of sp³-hybridized carbons (Fsp3) is 0.711. The average Bonchev–Trinajstić information content (AvgIpc) is 3.33. The SMILES string of the molecule is C[C@@H]1[C@H](O)[C@@]2(O[C@H]3C[C@@]4(O)C5=CC(=O)[C@@H]6[C@H](c7ccc(O)c(O)c7)[C@@H](O)[C@@H](O)C[C@]6(C)[C@H]5CC[C@]4(C)[C@H]3[C@@]2(C)O)[C@@H]2C=C[C@@]1(C)CC2. The van der Waals surface area contributed by atoms with Crippen LogP contribution >= 0.6 is 0 Å². The number of rotatable bonds is 1. The number of aliphatic hydroxyl groups is 5. The molecule has 7 N–H and O–H groups in total. The molecule has 1 aromatic carbocycles. The number of aromatic hydroxyl groups is 2. The minimum atomic E-state index is -1.48. The molecule has 0 amide bonds. The van der Waals surface area contributed by atoms with E-state index in [2.05, 4.69) is 19.1 Å². The molecule has 7 aliphatic carbocycles. The van der Waals surface area contributed by atoms with Gasteiger partial charge >= 0.3 is 0 Å². The van der Waals surface area contributed by atoms with Gasteiger partial charge in [-0.05, 0) is 91.0 Å². The van der Waals surface area contributed by atoms with E-state index in [0.717, 1.165) is 12.8 Å². The summed E-state index contributed by atoms with van der Waals surface area (Å²) < 4.78 is 7.01. The quantitative estimate of drug-likeness (QED) is 0.178. The van der Waals surface area contributed by atoms with Gasteiger partial charge in [0.05, 0.1) is 35.6 Å². The van der Waals surface area contributed by atoms with Crippen molar-refractivity contribution in [2.75, 3.05) is 0 Å². The summed E-state index contributed by atoms with van der Waals surface area (Å²) in [5, 5.41) is 80.6. The van der Waals surface area contributed by atoms with E-state index in [1.165, 1.54) is 12.1 Å². The van der Waals surface area contributed by atoms with Crippen molar-refractivity contribution >= 4 is 5.78 Å². The van der Waals surface area contributed by atoms with E-state index in [1.54, 1.807) is 19.1 Å². The zero-order valence-corrected chi connectivity index (χ0v) is 27.9. The van der Waals surface area contributed by atoms with Gasteiger partial charge in [0.2, 0.25) is 0 Å². The van der Waals surface area contributed by atoms with Gasteiger partial charge in [0.15, 0.2) is 17.3 Å². The van der Waals surface area contributed by atoms with Crippen molar-refractivity contribution in [3.8, 4) is 11.5 Å². The number of phenols is 2. The average molecular weight is 651 g/mol. The van der Waals surface area contributed by atoms with Crippen LogP contribution in [0.4, 0.5) is 0 Å². The van der Waals surface area contributed by atoms with Crippen LogP contribution in [-0.4, -0.2) is 82.7 Å². The van der Waals surface area contributed by atoms with Gasteiger partial charge in [-0.25, -0.2) is 0 Å². The Morgan fingerprint density at radius 2 is 1.66 bits per heavy atom. The van der Waals surface area contributed by atoms with Crippen LogP contribution in [-0.2, 0) is 9.53 Å². The van der Waals surface area contributed by atoms with Crippen molar-refractivity contribution in [2.45, 2.75) is 120 Å². The first-order valence-electron chi connectivity index (χ1n) is 17.5. The molecule has 5 fully saturated rings. The molecule has 1 aromatic rings. The molecule has 9 rings (SSSR count). The molecule has 9 heteroatoms. The molecule has 1 saturated heterocycles. The Bertz CT molecular complexity index is 1600. The molecule has 1 heterocycles. The number of hydrogen-bond donors (Lipinski definition) is 7. The molecule has 0 radical (unpaired) electrons. The molecular weight excluding hydrogens is 600 g/mol. The normalized spacial score (nSPS) is 56.0. The number of benzene rings is 1. The number of allylic oxidation sites excluding steroid dienone is 2. The highest BCUT2D eigenvalue weighted by atomic mass is 16.6. The minimum absolute atomic E-state index is 0.147. The lowest BCUT2D eigenvalue weighted by atomic mass is 9.43. The number of phenolic OH excluding ortho intramolecular Hbond substituents is 2. The van der Waals surface area contributed by atoms with Gasteiger partial charge in [0.25, 0.3) is 0 Å². The molecule has 1 aliphatic heterocycles. The maximum absolute atomic E-state index is 14.3. The van der Waals surface area contributed by atoms with Crippen LogP contribution in [0.3, 0.4) is 0 Å². The Balaban J connectivity index is 1.20. The maximum Gasteiger partial charge on any atom is 0.160 e. The highest BCUT2D eigenvalue weighted by Gasteiger charge is 2.80. The third kappa shape index (κ3) is 3.59. The van der Waals surface area contributed by atoms with E-state index < -0.39 is 69.8 Å². The van der Waals surface area contributed by atoms with Crippen LogP contribution in [0.1, 0.15) is 84.6 Å². The molecule has 0 aromatic heterocycles. The van der Waals surface area contributed by atoms with Crippen LogP contribution in [0.25, 0.3) is 0 Å². The topological polar surface area (TPSA) is 168 Å². The van der Waals surface area contributed by atoms with Gasteiger partial charge in [0.1, 0.15) is 5.60 Å². The van der Waals surface area contributed by atoms with Gasteiger partial charge in [-0.15, -0.1) is 0 Å². The van der Waals surface area contributed by atoms with Gasteiger partial charge < -0.3 is 40.5 Å². The number of carbonyl (C=O) groups excluding carboxylic acids is 1. The van der Waals surface area contributed by atoms with E-state index >= 15 is 0 Å². The highest BCUT2D eigenvalue weighted by Crippen LogP contribution is 2.74. The van der Waals surface area contributed by atoms with Crippen molar-refractivity contribution in [3.63, 3.8) is 0 Å². The monoisotopic (exact) mass is 650 g/mol. The van der Waals surface area contributed by atoms with Crippen molar-refractivity contribution in [3.05, 3.63) is 47.6 Å². The van der Waals surface area contributed by atoms with Crippen molar-refractivity contribution in [2.24, 2.45) is 45.8 Å². The lowest BCUT2D eigenvalue weighted by Gasteiger charge is -2.62. The van der Waals surface area contributed by atoms with Gasteiger partial charge in [-0.3, -0.25) is 4.79 Å². The number of aliphatic hydroxyl groups excluding tert-OH is 3. The summed E-state index contributed by atoms with van der Waals surface area (Å²) in [7, 11) is 0. The van der Waals surface area contributed by atoms with Crippen LogP contribution < -0.4 is 0 Å². The lowest BCUT2D eigenvalue weighted by Crippen LogP contribution is -2.68. The molecule has 8 aliphatic rings. The minimum Gasteiger partial charge on any atom is -0.504 e. The molecule has 0 unspecified atom stereocenters. The predicted molar refractivity (Wildman–Crippen MR) is 171 cm³/mol. The summed E-state index contributed by atoms with van der Waals surface area (Å²) in [5.74, 6) is -3.63. The summed E-state index contributed by atoms with van der Waals surface area (Å²) in [6.45, 7) is 9.97. The van der Waals surface area contributed by atoms with Crippen molar-refractivity contribution < 1.29 is 45.3 Å². The Morgan fingerprint density at radius 3 is 2.32 bits per heavy atom. The van der Waals surface area contributed by atoms with Crippen molar-refractivity contribution in [1.82, 2.24) is 0 Å². The summed E-state index contributed by atoms with van der Waals surface area (Å²) >= 11 is 0. The smallest absolute Gasteiger partial charge is 0.160 e. The first-order valence-corrected chi connectivity index (χ1v) is 17.5. The fourth-order valence-electron chi connectivity index (χ4n) is 12.9. The number of ether oxygens (including phenoxy) is 1. The molecule has 47 heavy (non-hydrogen) atoms. The summed E-state index contributed by atoms with van der Waals surface area (Å²) in [6, 6.07) is 4.23. The van der Waals surface area contributed by atoms with E-state index in [0.29, 0.717) is 24.0 Å². The molecule has 9 nitrogen and oxygen atoms in total. The largest absolute Gasteiger partial charge is 0.504 e. The number of carbonyl (C=O) groups is 1. The summed E-state index contributed by atoms with van der Waals surface area (Å²) in [5.41, 5.74) is -5.03. The third-order valence-electron chi connectivity index (χ3n) is 15.5. The molecular formula is C38H50O9. The summed E-state index contributed by atoms with van der Waals surface area (Å²) in [6.07, 6.45) is 5.15.